The maximum Gasteiger partial charge on any atom is 0.394 e. The Morgan fingerprint density at radius 3 is 1.75 bits per heavy atom. The molecule has 0 aliphatic heterocycles. The van der Waals surface area contributed by atoms with Gasteiger partial charge in [-0.2, -0.15) is 8.42 Å². The first-order chi connectivity index (χ1) is 5.18. The van der Waals surface area contributed by atoms with Gasteiger partial charge >= 0.3 is 10.4 Å². The van der Waals surface area contributed by atoms with Gasteiger partial charge in [-0.3, -0.25) is 13.9 Å². The van der Waals surface area contributed by atoms with Crippen molar-refractivity contribution in [1.29, 1.82) is 0 Å². The van der Waals surface area contributed by atoms with Crippen molar-refractivity contribution in [2.75, 3.05) is 0 Å². The molecule has 0 radical (unpaired) electrons. The average molecular weight is 200 g/mol. The number of carbonyl (C=O) groups is 1. The van der Waals surface area contributed by atoms with Gasteiger partial charge in [0.25, 0.3) is 0 Å². The van der Waals surface area contributed by atoms with Crippen LogP contribution in [-0.2, 0) is 15.2 Å². The number of carbonyl (C=O) groups excluding carboxylic acids is 1. The molecule has 7 nitrogen and oxygen atoms in total. The maximum atomic E-state index is 10.0. The van der Waals surface area contributed by atoms with Gasteiger partial charge in [0.2, 0.25) is 5.91 Å². The minimum atomic E-state index is -4.67. The fourth-order valence-electron chi connectivity index (χ4n) is 0.201. The second-order valence-corrected chi connectivity index (χ2v) is 2.76. The van der Waals surface area contributed by atoms with E-state index in [0.29, 0.717) is 6.42 Å². The van der Waals surface area contributed by atoms with Crippen LogP contribution in [0, 0.1) is 0 Å². The maximum absolute atomic E-state index is 10.0. The van der Waals surface area contributed by atoms with Crippen molar-refractivity contribution in [2.45, 2.75) is 19.4 Å². The average Bonchev–Trinajstić information content (AvgIpc) is 1.82. The third-order valence-electron chi connectivity index (χ3n) is 0.805. The Labute approximate surface area is 70.3 Å². The monoisotopic (exact) mass is 200 g/mol. The summed E-state index contributed by atoms with van der Waals surface area (Å²) < 4.78 is 31.6. The first-order valence-corrected chi connectivity index (χ1v) is 4.33. The Bertz CT molecular complexity index is 216. The van der Waals surface area contributed by atoms with Crippen LogP contribution >= 0.6 is 0 Å². The van der Waals surface area contributed by atoms with E-state index in [9.17, 15) is 4.79 Å². The number of rotatable bonds is 2. The summed E-state index contributed by atoms with van der Waals surface area (Å²) in [5.41, 5.74) is 9.92. The summed E-state index contributed by atoms with van der Waals surface area (Å²) in [5, 5.41) is 0. The highest BCUT2D eigenvalue weighted by Gasteiger charge is 2.02. The molecular weight excluding hydrogens is 188 g/mol. The molecule has 0 aromatic carbocycles. The van der Waals surface area contributed by atoms with Crippen LogP contribution < -0.4 is 11.5 Å². The van der Waals surface area contributed by atoms with Crippen molar-refractivity contribution < 1.29 is 22.3 Å². The minimum Gasteiger partial charge on any atom is -0.368 e. The summed E-state index contributed by atoms with van der Waals surface area (Å²) in [6, 6.07) is -0.458. The third kappa shape index (κ3) is 22.8. The van der Waals surface area contributed by atoms with E-state index in [-0.39, 0.29) is 0 Å². The molecule has 0 spiro atoms. The molecule has 0 unspecified atom stereocenters. The van der Waals surface area contributed by atoms with E-state index < -0.39 is 22.3 Å². The zero-order valence-corrected chi connectivity index (χ0v) is 7.28. The highest BCUT2D eigenvalue weighted by Crippen LogP contribution is 1.80. The van der Waals surface area contributed by atoms with Crippen LogP contribution in [-0.4, -0.2) is 29.5 Å². The normalized spacial score (nSPS) is 12.7. The third-order valence-corrected chi connectivity index (χ3v) is 0.805. The molecule has 0 aromatic heterocycles. The van der Waals surface area contributed by atoms with Gasteiger partial charge in [0.05, 0.1) is 6.04 Å². The van der Waals surface area contributed by atoms with Crippen molar-refractivity contribution >= 4 is 16.3 Å². The largest absolute Gasteiger partial charge is 0.394 e. The van der Waals surface area contributed by atoms with E-state index in [1.165, 1.54) is 0 Å². The molecule has 1 atom stereocenters. The number of primary amides is 1. The lowest BCUT2D eigenvalue weighted by atomic mass is 10.2. The molecule has 12 heavy (non-hydrogen) atoms. The molecular formula is C4H12N2O5S. The Balaban J connectivity index is 0. The van der Waals surface area contributed by atoms with Gasteiger partial charge in [0.1, 0.15) is 0 Å². The van der Waals surface area contributed by atoms with Crippen LogP contribution in [0.25, 0.3) is 0 Å². The SMILES string of the molecule is CC[C@H](N)C(N)=O.O=S(=O)(O)O. The molecule has 0 saturated carbocycles. The van der Waals surface area contributed by atoms with Crippen molar-refractivity contribution in [2.24, 2.45) is 11.5 Å². The smallest absolute Gasteiger partial charge is 0.368 e. The van der Waals surface area contributed by atoms with Gasteiger partial charge in [0, 0.05) is 0 Å². The summed E-state index contributed by atoms with van der Waals surface area (Å²) in [5.74, 6) is -0.428. The van der Waals surface area contributed by atoms with Crippen LogP contribution in [0.15, 0.2) is 0 Å². The Morgan fingerprint density at radius 2 is 1.75 bits per heavy atom. The molecule has 0 aliphatic rings. The predicted molar refractivity (Wildman–Crippen MR) is 41.6 cm³/mol. The lowest BCUT2D eigenvalue weighted by Crippen LogP contribution is -2.35. The van der Waals surface area contributed by atoms with Crippen LogP contribution in [0.4, 0.5) is 0 Å². The Hall–Kier alpha value is -0.700. The van der Waals surface area contributed by atoms with Crippen LogP contribution in [0.5, 0.6) is 0 Å². The molecule has 0 saturated heterocycles. The summed E-state index contributed by atoms with van der Waals surface area (Å²) in [6.07, 6.45) is 0.620. The quantitative estimate of drug-likeness (QED) is 0.401. The van der Waals surface area contributed by atoms with Gasteiger partial charge in [0.15, 0.2) is 0 Å². The summed E-state index contributed by atoms with van der Waals surface area (Å²) in [6.45, 7) is 1.81. The molecule has 1 amide bonds. The van der Waals surface area contributed by atoms with Crippen LogP contribution in [0.3, 0.4) is 0 Å². The topological polar surface area (TPSA) is 144 Å². The highest BCUT2D eigenvalue weighted by molar-refractivity contribution is 7.79. The molecule has 0 heterocycles. The highest BCUT2D eigenvalue weighted by atomic mass is 32.3. The number of hydrogen-bond donors (Lipinski definition) is 4. The first kappa shape index (κ1) is 13.9. The van der Waals surface area contributed by atoms with Gasteiger partial charge in [-0.25, -0.2) is 0 Å². The van der Waals surface area contributed by atoms with Crippen LogP contribution in [0.2, 0.25) is 0 Å². The number of hydrogen-bond acceptors (Lipinski definition) is 4. The zero-order chi connectivity index (χ0) is 10.4. The summed E-state index contributed by atoms with van der Waals surface area (Å²) in [7, 11) is -4.67. The zero-order valence-electron chi connectivity index (χ0n) is 6.47. The molecule has 0 rings (SSSR count). The fourth-order valence-corrected chi connectivity index (χ4v) is 0.201. The van der Waals surface area contributed by atoms with E-state index in [2.05, 4.69) is 0 Å². The molecule has 74 valence electrons. The molecule has 0 aliphatic carbocycles. The minimum absolute atomic E-state index is 0.428. The second-order valence-electron chi connectivity index (χ2n) is 1.86. The predicted octanol–water partition coefficient (Wildman–Crippen LogP) is -1.44. The van der Waals surface area contributed by atoms with Crippen molar-refractivity contribution in [3.05, 3.63) is 0 Å². The Kier molecular flexibility index (Phi) is 6.80. The molecule has 0 aromatic rings. The van der Waals surface area contributed by atoms with Gasteiger partial charge in [-0.15, -0.1) is 0 Å². The van der Waals surface area contributed by atoms with Crippen LogP contribution in [0.1, 0.15) is 13.3 Å². The number of amides is 1. The standard InChI is InChI=1S/C4H10N2O.H2O4S/c1-2-3(5)4(6)7;1-5(2,3)4/h3H,2,5H2,1H3,(H2,6,7);(H2,1,2,3,4)/t3-;/m0./s1. The van der Waals surface area contributed by atoms with E-state index in [4.69, 9.17) is 29.0 Å². The van der Waals surface area contributed by atoms with Gasteiger partial charge in [-0.1, -0.05) is 6.92 Å². The van der Waals surface area contributed by atoms with E-state index in [1.807, 2.05) is 6.92 Å². The van der Waals surface area contributed by atoms with Crippen molar-refractivity contribution in [1.82, 2.24) is 0 Å². The van der Waals surface area contributed by atoms with E-state index in [1.54, 1.807) is 0 Å². The lowest BCUT2D eigenvalue weighted by molar-refractivity contribution is -0.119. The van der Waals surface area contributed by atoms with Crippen molar-refractivity contribution in [3.8, 4) is 0 Å². The molecule has 6 N–H and O–H groups in total. The fraction of sp³-hybridized carbons (Fsp3) is 0.750. The van der Waals surface area contributed by atoms with E-state index in [0.717, 1.165) is 0 Å². The van der Waals surface area contributed by atoms with E-state index >= 15 is 0 Å². The van der Waals surface area contributed by atoms with Gasteiger partial charge in [-0.05, 0) is 6.42 Å². The first-order valence-electron chi connectivity index (χ1n) is 2.93. The van der Waals surface area contributed by atoms with Gasteiger partial charge < -0.3 is 11.5 Å². The molecule has 0 bridgehead atoms. The number of nitrogens with two attached hydrogens (primary N) is 2. The van der Waals surface area contributed by atoms with Crippen molar-refractivity contribution in [3.63, 3.8) is 0 Å². The Morgan fingerprint density at radius 1 is 1.50 bits per heavy atom. The molecule has 0 fully saturated rings. The molecule has 8 heteroatoms. The second kappa shape index (κ2) is 5.89. The summed E-state index contributed by atoms with van der Waals surface area (Å²) in [4.78, 5) is 10.0. The summed E-state index contributed by atoms with van der Waals surface area (Å²) >= 11 is 0. The lowest BCUT2D eigenvalue weighted by Gasteiger charge is -1.98.